The molecule has 0 aliphatic carbocycles. The topological polar surface area (TPSA) is 52.6 Å². The molecule has 0 N–H and O–H groups in total. The molecule has 2 aromatic carbocycles. The highest BCUT2D eigenvalue weighted by atomic mass is 79.9. The minimum atomic E-state index is -0.585. The first-order chi connectivity index (χ1) is 9.10. The van der Waals surface area contributed by atoms with Crippen LogP contribution in [0, 0.1) is 0 Å². The Morgan fingerprint density at radius 1 is 1.05 bits per heavy atom. The number of carbonyl (C=O) groups excluding carboxylic acids is 2. The summed E-state index contributed by atoms with van der Waals surface area (Å²) in [5, 5.41) is 1.66. The molecule has 0 amide bonds. The number of carbonyl (C=O) groups is 2. The van der Waals surface area contributed by atoms with Gasteiger partial charge >= 0.3 is 11.9 Å². The third-order valence-corrected chi connectivity index (χ3v) is 3.60. The number of hydrogen-bond acceptors (Lipinski definition) is 4. The fraction of sp³-hybridized carbons (Fsp3) is 0.143. The molecule has 4 nitrogen and oxygen atoms in total. The Bertz CT molecular complexity index is 664. The lowest BCUT2D eigenvalue weighted by Gasteiger charge is -2.11. The Labute approximate surface area is 118 Å². The number of halogens is 1. The van der Waals surface area contributed by atoms with Crippen molar-refractivity contribution in [3.8, 4) is 0 Å². The molecule has 0 saturated heterocycles. The lowest BCUT2D eigenvalue weighted by Crippen LogP contribution is -2.13. The van der Waals surface area contributed by atoms with Crippen LogP contribution >= 0.6 is 15.9 Å². The van der Waals surface area contributed by atoms with E-state index in [0.29, 0.717) is 4.47 Å². The van der Waals surface area contributed by atoms with E-state index in [1.54, 1.807) is 6.07 Å². The van der Waals surface area contributed by atoms with E-state index in [4.69, 9.17) is 9.47 Å². The maximum atomic E-state index is 11.9. The molecular weight excluding hydrogens is 312 g/mol. The highest BCUT2D eigenvalue weighted by Gasteiger charge is 2.23. The van der Waals surface area contributed by atoms with Crippen LogP contribution in [0.25, 0.3) is 10.8 Å². The summed E-state index contributed by atoms with van der Waals surface area (Å²) in [7, 11) is 2.54. The normalized spacial score (nSPS) is 10.3. The Kier molecular flexibility index (Phi) is 3.85. The van der Waals surface area contributed by atoms with Crippen molar-refractivity contribution < 1.29 is 19.1 Å². The monoisotopic (exact) mass is 322 g/mol. The van der Waals surface area contributed by atoms with Crippen molar-refractivity contribution in [1.29, 1.82) is 0 Å². The number of hydrogen-bond donors (Lipinski definition) is 0. The zero-order chi connectivity index (χ0) is 14.0. The van der Waals surface area contributed by atoms with Crippen LogP contribution in [0.1, 0.15) is 20.7 Å². The number of fused-ring (bicyclic) bond motifs is 1. The van der Waals surface area contributed by atoms with Crippen molar-refractivity contribution in [2.45, 2.75) is 0 Å². The Balaban J connectivity index is 2.84. The van der Waals surface area contributed by atoms with Crippen LogP contribution in [0.15, 0.2) is 34.8 Å². The van der Waals surface area contributed by atoms with Crippen molar-refractivity contribution in [2.75, 3.05) is 14.2 Å². The molecule has 0 atom stereocenters. The van der Waals surface area contributed by atoms with Gasteiger partial charge in [0.2, 0.25) is 0 Å². The molecule has 5 heteroatoms. The third-order valence-electron chi connectivity index (χ3n) is 2.78. The van der Waals surface area contributed by atoms with Gasteiger partial charge < -0.3 is 9.47 Å². The highest BCUT2D eigenvalue weighted by Crippen LogP contribution is 2.31. The summed E-state index contributed by atoms with van der Waals surface area (Å²) in [6.45, 7) is 0. The van der Waals surface area contributed by atoms with Gasteiger partial charge in [0, 0.05) is 4.47 Å². The molecule has 0 bridgehead atoms. The van der Waals surface area contributed by atoms with Gasteiger partial charge in [-0.05, 0) is 32.8 Å². The molecule has 0 radical (unpaired) electrons. The highest BCUT2D eigenvalue weighted by molar-refractivity contribution is 9.10. The first kappa shape index (κ1) is 13.5. The quantitative estimate of drug-likeness (QED) is 0.797. The predicted octanol–water partition coefficient (Wildman–Crippen LogP) is 3.18. The standard InChI is InChI=1S/C14H11BrO4/c1-18-13(16)10-7-8-5-3-4-6-9(8)12(15)11(10)14(17)19-2/h3-7H,1-2H3. The zero-order valence-corrected chi connectivity index (χ0v) is 12.0. The molecule has 19 heavy (non-hydrogen) atoms. The second kappa shape index (κ2) is 5.40. The van der Waals surface area contributed by atoms with Crippen LogP contribution in [-0.4, -0.2) is 26.2 Å². The molecule has 0 fully saturated rings. The minimum Gasteiger partial charge on any atom is -0.465 e. The number of ether oxygens (including phenoxy) is 2. The molecule has 0 aromatic heterocycles. The SMILES string of the molecule is COC(=O)c1cc2ccccc2c(Br)c1C(=O)OC. The lowest BCUT2D eigenvalue weighted by atomic mass is 10.0. The summed E-state index contributed by atoms with van der Waals surface area (Å²) in [6.07, 6.45) is 0. The van der Waals surface area contributed by atoms with Gasteiger partial charge in [-0.1, -0.05) is 24.3 Å². The lowest BCUT2D eigenvalue weighted by molar-refractivity contribution is 0.0555. The molecule has 0 unspecified atom stereocenters. The second-order valence-corrected chi connectivity index (χ2v) is 4.61. The van der Waals surface area contributed by atoms with Crippen LogP contribution in [0.5, 0.6) is 0 Å². The molecular formula is C14H11BrO4. The van der Waals surface area contributed by atoms with E-state index < -0.39 is 11.9 Å². The average Bonchev–Trinajstić information content (AvgIpc) is 2.45. The Morgan fingerprint density at radius 2 is 1.68 bits per heavy atom. The fourth-order valence-corrected chi connectivity index (χ4v) is 2.61. The van der Waals surface area contributed by atoms with Crippen molar-refractivity contribution in [1.82, 2.24) is 0 Å². The summed E-state index contributed by atoms with van der Waals surface area (Å²) >= 11 is 3.36. The largest absolute Gasteiger partial charge is 0.465 e. The van der Waals surface area contributed by atoms with Crippen LogP contribution in [-0.2, 0) is 9.47 Å². The van der Waals surface area contributed by atoms with E-state index in [9.17, 15) is 9.59 Å². The van der Waals surface area contributed by atoms with E-state index in [0.717, 1.165) is 10.8 Å². The van der Waals surface area contributed by atoms with E-state index in [1.807, 2.05) is 24.3 Å². The maximum Gasteiger partial charge on any atom is 0.339 e. The summed E-state index contributed by atoms with van der Waals surface area (Å²) < 4.78 is 9.96. The molecule has 0 spiro atoms. The van der Waals surface area contributed by atoms with Crippen LogP contribution in [0.2, 0.25) is 0 Å². The molecule has 0 heterocycles. The Hall–Kier alpha value is -1.88. The molecule has 98 valence electrons. The van der Waals surface area contributed by atoms with Gasteiger partial charge in [-0.15, -0.1) is 0 Å². The van der Waals surface area contributed by atoms with Crippen molar-refractivity contribution in [2.24, 2.45) is 0 Å². The third kappa shape index (κ3) is 2.33. The molecule has 2 aromatic rings. The molecule has 2 rings (SSSR count). The van der Waals surface area contributed by atoms with Crippen molar-refractivity contribution in [3.05, 3.63) is 45.9 Å². The summed E-state index contributed by atoms with van der Waals surface area (Å²) in [5.41, 5.74) is 0.355. The first-order valence-electron chi connectivity index (χ1n) is 5.48. The number of rotatable bonds is 2. The number of esters is 2. The van der Waals surface area contributed by atoms with Crippen LogP contribution in [0.4, 0.5) is 0 Å². The van der Waals surface area contributed by atoms with Gasteiger partial charge in [0.05, 0.1) is 25.3 Å². The van der Waals surface area contributed by atoms with E-state index in [1.165, 1.54) is 14.2 Å². The fourth-order valence-electron chi connectivity index (χ4n) is 1.88. The van der Waals surface area contributed by atoms with Crippen molar-refractivity contribution >= 4 is 38.6 Å². The summed E-state index contributed by atoms with van der Waals surface area (Å²) in [5.74, 6) is -1.16. The second-order valence-electron chi connectivity index (χ2n) is 3.82. The van der Waals surface area contributed by atoms with E-state index in [-0.39, 0.29) is 11.1 Å². The van der Waals surface area contributed by atoms with Gasteiger partial charge in [-0.2, -0.15) is 0 Å². The smallest absolute Gasteiger partial charge is 0.339 e. The van der Waals surface area contributed by atoms with Crippen molar-refractivity contribution in [3.63, 3.8) is 0 Å². The maximum absolute atomic E-state index is 11.9. The van der Waals surface area contributed by atoms with E-state index in [2.05, 4.69) is 15.9 Å². The zero-order valence-electron chi connectivity index (χ0n) is 10.4. The summed E-state index contributed by atoms with van der Waals surface area (Å²) in [6, 6.07) is 9.04. The van der Waals surface area contributed by atoms with Gasteiger partial charge in [0.15, 0.2) is 0 Å². The minimum absolute atomic E-state index is 0.174. The van der Waals surface area contributed by atoms with Gasteiger partial charge in [0.1, 0.15) is 0 Å². The number of benzene rings is 2. The molecule has 0 saturated carbocycles. The molecule has 0 aliphatic heterocycles. The van der Waals surface area contributed by atoms with Crippen LogP contribution < -0.4 is 0 Å². The van der Waals surface area contributed by atoms with E-state index >= 15 is 0 Å². The first-order valence-corrected chi connectivity index (χ1v) is 6.27. The summed E-state index contributed by atoms with van der Waals surface area (Å²) in [4.78, 5) is 23.7. The Morgan fingerprint density at radius 3 is 2.32 bits per heavy atom. The van der Waals surface area contributed by atoms with Gasteiger partial charge in [0.25, 0.3) is 0 Å². The predicted molar refractivity (Wildman–Crippen MR) is 74.3 cm³/mol. The number of methoxy groups -OCH3 is 2. The van der Waals surface area contributed by atoms with Crippen LogP contribution in [0.3, 0.4) is 0 Å². The van der Waals surface area contributed by atoms with Gasteiger partial charge in [-0.25, -0.2) is 9.59 Å². The van der Waals surface area contributed by atoms with Gasteiger partial charge in [-0.3, -0.25) is 0 Å². The average molecular weight is 323 g/mol. The molecule has 0 aliphatic rings.